The van der Waals surface area contributed by atoms with E-state index in [0.717, 1.165) is 31.6 Å². The van der Waals surface area contributed by atoms with Crippen LogP contribution in [-0.4, -0.2) is 23.4 Å². The van der Waals surface area contributed by atoms with Gasteiger partial charge >= 0.3 is 0 Å². The molecule has 2 aliphatic rings. The van der Waals surface area contributed by atoms with Gasteiger partial charge in [0.1, 0.15) is 0 Å². The van der Waals surface area contributed by atoms with Gasteiger partial charge in [0.15, 0.2) is 0 Å². The van der Waals surface area contributed by atoms with E-state index in [1.165, 1.54) is 35.1 Å². The summed E-state index contributed by atoms with van der Waals surface area (Å²) in [6.07, 6.45) is 4.56. The van der Waals surface area contributed by atoms with Crippen molar-refractivity contribution in [3.63, 3.8) is 0 Å². The smallest absolute Gasteiger partial charge is 0.241 e. The highest BCUT2D eigenvalue weighted by atomic mass is 16.2. The Labute approximate surface area is 143 Å². The fraction of sp³-hybridized carbons (Fsp3) is 0.381. The van der Waals surface area contributed by atoms with Gasteiger partial charge in [0.05, 0.1) is 6.04 Å². The van der Waals surface area contributed by atoms with Gasteiger partial charge in [0.25, 0.3) is 0 Å². The number of rotatable bonds is 3. The SMILES string of the molecule is C[C@H](C(=O)Nc1ccc2c(c1)CCC2)N1CCc2ccccc2C1. The van der Waals surface area contributed by atoms with Gasteiger partial charge in [-0.3, -0.25) is 9.69 Å². The average Bonchev–Trinajstić information content (AvgIpc) is 3.08. The molecule has 0 bridgehead atoms. The number of carbonyl (C=O) groups is 1. The first-order valence-corrected chi connectivity index (χ1v) is 8.94. The molecule has 2 aromatic rings. The zero-order valence-electron chi connectivity index (χ0n) is 14.2. The summed E-state index contributed by atoms with van der Waals surface area (Å²) in [4.78, 5) is 14.9. The second kappa shape index (κ2) is 6.40. The molecule has 24 heavy (non-hydrogen) atoms. The Morgan fingerprint density at radius 1 is 1.00 bits per heavy atom. The molecule has 0 radical (unpaired) electrons. The van der Waals surface area contributed by atoms with Crippen LogP contribution in [0.2, 0.25) is 0 Å². The summed E-state index contributed by atoms with van der Waals surface area (Å²) in [7, 11) is 0. The van der Waals surface area contributed by atoms with Crippen LogP contribution >= 0.6 is 0 Å². The third-order valence-electron chi connectivity index (χ3n) is 5.45. The second-order valence-corrected chi connectivity index (χ2v) is 6.99. The Hall–Kier alpha value is -2.13. The molecule has 0 saturated heterocycles. The van der Waals surface area contributed by atoms with Crippen LogP contribution < -0.4 is 5.32 Å². The van der Waals surface area contributed by atoms with Crippen molar-refractivity contribution in [2.45, 2.75) is 45.2 Å². The van der Waals surface area contributed by atoms with Crippen LogP contribution in [0.15, 0.2) is 42.5 Å². The van der Waals surface area contributed by atoms with Gasteiger partial charge in [-0.1, -0.05) is 30.3 Å². The summed E-state index contributed by atoms with van der Waals surface area (Å²) in [6, 6.07) is 14.8. The van der Waals surface area contributed by atoms with E-state index >= 15 is 0 Å². The normalized spacial score (nSPS) is 17.9. The van der Waals surface area contributed by atoms with Crippen molar-refractivity contribution in [2.24, 2.45) is 0 Å². The first kappa shape index (κ1) is 15.4. The summed E-state index contributed by atoms with van der Waals surface area (Å²) in [6.45, 7) is 3.81. The topological polar surface area (TPSA) is 32.3 Å². The maximum absolute atomic E-state index is 12.7. The van der Waals surface area contributed by atoms with Gasteiger partial charge in [-0.15, -0.1) is 0 Å². The first-order chi connectivity index (χ1) is 11.7. The van der Waals surface area contributed by atoms with E-state index in [0.29, 0.717) is 0 Å². The van der Waals surface area contributed by atoms with E-state index < -0.39 is 0 Å². The molecular weight excluding hydrogens is 296 g/mol. The van der Waals surface area contributed by atoms with Crippen LogP contribution in [0.3, 0.4) is 0 Å². The Morgan fingerprint density at radius 3 is 2.62 bits per heavy atom. The number of hydrogen-bond donors (Lipinski definition) is 1. The molecule has 4 rings (SSSR count). The van der Waals surface area contributed by atoms with Gasteiger partial charge in [-0.2, -0.15) is 0 Å². The number of nitrogens with one attached hydrogen (secondary N) is 1. The number of carbonyl (C=O) groups excluding carboxylic acids is 1. The maximum Gasteiger partial charge on any atom is 0.241 e. The van der Waals surface area contributed by atoms with E-state index in [1.807, 2.05) is 13.0 Å². The van der Waals surface area contributed by atoms with Gasteiger partial charge in [0.2, 0.25) is 5.91 Å². The summed E-state index contributed by atoms with van der Waals surface area (Å²) in [5.74, 6) is 0.0901. The van der Waals surface area contributed by atoms with Crippen LogP contribution in [0.4, 0.5) is 5.69 Å². The number of hydrogen-bond acceptors (Lipinski definition) is 2. The average molecular weight is 320 g/mol. The highest BCUT2D eigenvalue weighted by Gasteiger charge is 2.25. The number of fused-ring (bicyclic) bond motifs is 2. The molecule has 124 valence electrons. The van der Waals surface area contributed by atoms with Crippen molar-refractivity contribution in [1.29, 1.82) is 0 Å². The molecule has 3 heteroatoms. The molecule has 0 saturated carbocycles. The highest BCUT2D eigenvalue weighted by Crippen LogP contribution is 2.25. The monoisotopic (exact) mass is 320 g/mol. The Balaban J connectivity index is 1.43. The molecule has 0 fully saturated rings. The van der Waals surface area contributed by atoms with Crippen molar-refractivity contribution in [1.82, 2.24) is 4.90 Å². The van der Waals surface area contributed by atoms with Gasteiger partial charge in [-0.05, 0) is 67.0 Å². The van der Waals surface area contributed by atoms with Crippen molar-refractivity contribution < 1.29 is 4.79 Å². The number of amides is 1. The lowest BCUT2D eigenvalue weighted by atomic mass is 9.98. The fourth-order valence-electron chi connectivity index (χ4n) is 3.91. The lowest BCUT2D eigenvalue weighted by Gasteiger charge is -2.32. The van der Waals surface area contributed by atoms with Gasteiger partial charge in [-0.25, -0.2) is 0 Å². The Kier molecular flexibility index (Phi) is 4.11. The van der Waals surface area contributed by atoms with Gasteiger partial charge in [0, 0.05) is 18.8 Å². The molecule has 1 N–H and O–H groups in total. The van der Waals surface area contributed by atoms with E-state index in [1.54, 1.807) is 0 Å². The predicted molar refractivity (Wildman–Crippen MR) is 97.1 cm³/mol. The summed E-state index contributed by atoms with van der Waals surface area (Å²) < 4.78 is 0. The lowest BCUT2D eigenvalue weighted by molar-refractivity contribution is -0.121. The first-order valence-electron chi connectivity index (χ1n) is 8.94. The molecule has 0 spiro atoms. The third-order valence-corrected chi connectivity index (χ3v) is 5.45. The number of nitrogens with zero attached hydrogens (tertiary/aromatic N) is 1. The lowest BCUT2D eigenvalue weighted by Crippen LogP contribution is -2.44. The minimum atomic E-state index is -0.119. The second-order valence-electron chi connectivity index (χ2n) is 6.99. The van der Waals surface area contributed by atoms with Crippen LogP contribution in [0.1, 0.15) is 35.6 Å². The van der Waals surface area contributed by atoms with Crippen molar-refractivity contribution in [3.05, 3.63) is 64.7 Å². The summed E-state index contributed by atoms with van der Waals surface area (Å²) in [5, 5.41) is 3.11. The van der Waals surface area contributed by atoms with E-state index in [-0.39, 0.29) is 11.9 Å². The Morgan fingerprint density at radius 2 is 1.75 bits per heavy atom. The van der Waals surface area contributed by atoms with Crippen LogP contribution in [0.25, 0.3) is 0 Å². The molecule has 0 aromatic heterocycles. The molecule has 1 atom stereocenters. The molecule has 1 amide bonds. The summed E-state index contributed by atoms with van der Waals surface area (Å²) >= 11 is 0. The molecule has 1 aliphatic carbocycles. The molecule has 3 nitrogen and oxygen atoms in total. The van der Waals surface area contributed by atoms with Crippen LogP contribution in [0, 0.1) is 0 Å². The van der Waals surface area contributed by atoms with Crippen LogP contribution in [-0.2, 0) is 30.6 Å². The van der Waals surface area contributed by atoms with Gasteiger partial charge < -0.3 is 5.32 Å². The molecule has 0 unspecified atom stereocenters. The van der Waals surface area contributed by atoms with Crippen LogP contribution in [0.5, 0.6) is 0 Å². The molecule has 1 heterocycles. The van der Waals surface area contributed by atoms with Crippen molar-refractivity contribution in [3.8, 4) is 0 Å². The van der Waals surface area contributed by atoms with Crippen molar-refractivity contribution in [2.75, 3.05) is 11.9 Å². The van der Waals surface area contributed by atoms with E-state index in [9.17, 15) is 4.79 Å². The fourth-order valence-corrected chi connectivity index (χ4v) is 3.91. The minimum absolute atomic E-state index is 0.0901. The number of benzene rings is 2. The predicted octanol–water partition coefficient (Wildman–Crippen LogP) is 3.56. The van der Waals surface area contributed by atoms with E-state index in [2.05, 4.69) is 46.6 Å². The Bertz CT molecular complexity index is 768. The zero-order valence-corrected chi connectivity index (χ0v) is 14.2. The molecule has 1 aliphatic heterocycles. The minimum Gasteiger partial charge on any atom is -0.325 e. The van der Waals surface area contributed by atoms with E-state index in [4.69, 9.17) is 0 Å². The summed E-state index contributed by atoms with van der Waals surface area (Å²) in [5.41, 5.74) is 6.53. The number of aryl methyl sites for hydroxylation is 2. The highest BCUT2D eigenvalue weighted by molar-refractivity contribution is 5.94. The number of anilines is 1. The third kappa shape index (κ3) is 2.96. The van der Waals surface area contributed by atoms with Crippen molar-refractivity contribution >= 4 is 11.6 Å². The quantitative estimate of drug-likeness (QED) is 0.938. The molecule has 2 aromatic carbocycles. The maximum atomic E-state index is 12.7. The molecular formula is C21H24N2O. The standard InChI is InChI=1S/C21H24N2O/c1-15(23-12-11-17-5-2-3-6-19(17)14-23)21(24)22-20-10-9-16-7-4-8-18(16)13-20/h2-3,5-6,9-10,13,15H,4,7-8,11-12,14H2,1H3,(H,22,24)/t15-/m1/s1. The largest absolute Gasteiger partial charge is 0.325 e. The zero-order chi connectivity index (χ0) is 16.5.